The second-order valence-corrected chi connectivity index (χ2v) is 5.54. The Morgan fingerprint density at radius 3 is 2.80 bits per heavy atom. The summed E-state index contributed by atoms with van der Waals surface area (Å²) in [4.78, 5) is 12.3. The van der Waals surface area contributed by atoms with Crippen molar-refractivity contribution in [2.24, 2.45) is 0 Å². The lowest BCUT2D eigenvalue weighted by molar-refractivity contribution is -0.124. The summed E-state index contributed by atoms with van der Waals surface area (Å²) in [5.41, 5.74) is 1.56. The molecular weight excluding hydrogens is 320 g/mol. The zero-order chi connectivity index (χ0) is 17.6. The summed E-state index contributed by atoms with van der Waals surface area (Å²) in [5.74, 6) is 1.33. The third-order valence-electron chi connectivity index (χ3n) is 3.91. The smallest absolute Gasteiger partial charge is 0.245 e. The van der Waals surface area contributed by atoms with Crippen LogP contribution in [0.4, 0.5) is 0 Å². The van der Waals surface area contributed by atoms with Crippen molar-refractivity contribution >= 4 is 5.91 Å². The van der Waals surface area contributed by atoms with Crippen LogP contribution in [-0.4, -0.2) is 28.0 Å². The van der Waals surface area contributed by atoms with Crippen LogP contribution in [0.3, 0.4) is 0 Å². The number of rotatable bonds is 7. The van der Waals surface area contributed by atoms with Gasteiger partial charge in [0.1, 0.15) is 17.5 Å². The maximum Gasteiger partial charge on any atom is 0.245 e. The molecule has 1 aromatic carbocycles. The van der Waals surface area contributed by atoms with E-state index in [0.717, 1.165) is 11.3 Å². The lowest BCUT2D eigenvalue weighted by atomic mass is 10.1. The minimum absolute atomic E-state index is 0.0970. The van der Waals surface area contributed by atoms with Gasteiger partial charge in [-0.3, -0.25) is 9.48 Å². The summed E-state index contributed by atoms with van der Waals surface area (Å²) in [6.07, 6.45) is 4.10. The van der Waals surface area contributed by atoms with Gasteiger partial charge in [-0.25, -0.2) is 0 Å². The van der Waals surface area contributed by atoms with Gasteiger partial charge in [0, 0.05) is 24.0 Å². The summed E-state index contributed by atoms with van der Waals surface area (Å²) in [7, 11) is 1.62. The van der Waals surface area contributed by atoms with Crippen molar-refractivity contribution in [3.63, 3.8) is 0 Å². The van der Waals surface area contributed by atoms with E-state index in [1.165, 1.54) is 0 Å². The molecule has 1 atom stereocenters. The number of nitrogens with one attached hydrogen (secondary N) is 1. The van der Waals surface area contributed by atoms with E-state index < -0.39 is 0 Å². The molecule has 7 heteroatoms. The highest BCUT2D eigenvalue weighted by Gasteiger charge is 2.18. The number of carbonyl (C=O) groups is 1. The molecule has 0 saturated heterocycles. The largest absolute Gasteiger partial charge is 0.497 e. The Hall–Kier alpha value is -3.09. The fourth-order valence-electron chi connectivity index (χ4n) is 2.54. The third-order valence-corrected chi connectivity index (χ3v) is 3.91. The molecule has 1 N–H and O–H groups in total. The van der Waals surface area contributed by atoms with E-state index in [-0.39, 0.29) is 11.9 Å². The van der Waals surface area contributed by atoms with E-state index in [1.807, 2.05) is 37.3 Å². The number of benzene rings is 1. The van der Waals surface area contributed by atoms with Crippen LogP contribution in [0, 0.1) is 0 Å². The molecule has 3 rings (SSSR count). The summed E-state index contributed by atoms with van der Waals surface area (Å²) in [6, 6.07) is 10.8. The van der Waals surface area contributed by atoms with Crippen molar-refractivity contribution in [2.45, 2.75) is 25.9 Å². The van der Waals surface area contributed by atoms with Crippen molar-refractivity contribution < 1.29 is 14.1 Å². The van der Waals surface area contributed by atoms with Gasteiger partial charge in [-0.2, -0.15) is 5.10 Å². The lowest BCUT2D eigenvalue weighted by Crippen LogP contribution is -2.32. The number of methoxy groups -OCH3 is 1. The molecule has 1 amide bonds. The Kier molecular flexibility index (Phi) is 5.13. The molecular formula is C18H20N4O3. The number of carbonyl (C=O) groups excluding carboxylic acids is 1. The molecule has 0 aliphatic heterocycles. The van der Waals surface area contributed by atoms with Gasteiger partial charge in [-0.05, 0) is 36.8 Å². The first-order chi connectivity index (χ1) is 12.2. The van der Waals surface area contributed by atoms with Crippen LogP contribution < -0.4 is 10.1 Å². The van der Waals surface area contributed by atoms with Crippen molar-refractivity contribution in [2.75, 3.05) is 7.11 Å². The number of nitrogens with zero attached hydrogens (tertiary/aromatic N) is 3. The lowest BCUT2D eigenvalue weighted by Gasteiger charge is -2.14. The van der Waals surface area contributed by atoms with Gasteiger partial charge in [0.25, 0.3) is 0 Å². The van der Waals surface area contributed by atoms with Gasteiger partial charge in [-0.15, -0.1) is 0 Å². The van der Waals surface area contributed by atoms with Crippen molar-refractivity contribution in [3.8, 4) is 17.1 Å². The fraction of sp³-hybridized carbons (Fsp3) is 0.278. The molecule has 0 fully saturated rings. The topological polar surface area (TPSA) is 82.2 Å². The zero-order valence-electron chi connectivity index (χ0n) is 14.2. The molecule has 0 bridgehead atoms. The monoisotopic (exact) mass is 340 g/mol. The molecule has 25 heavy (non-hydrogen) atoms. The summed E-state index contributed by atoms with van der Waals surface area (Å²) >= 11 is 0. The molecule has 2 aromatic heterocycles. The maximum absolute atomic E-state index is 12.3. The summed E-state index contributed by atoms with van der Waals surface area (Å²) in [6.45, 7) is 2.25. The first-order valence-electron chi connectivity index (χ1n) is 8.08. The molecule has 0 radical (unpaired) electrons. The van der Waals surface area contributed by atoms with Gasteiger partial charge in [0.15, 0.2) is 5.76 Å². The minimum atomic E-state index is -0.331. The van der Waals surface area contributed by atoms with Crippen LogP contribution in [-0.2, 0) is 11.3 Å². The Morgan fingerprint density at radius 1 is 1.36 bits per heavy atom. The quantitative estimate of drug-likeness (QED) is 0.715. The molecule has 0 aliphatic rings. The zero-order valence-corrected chi connectivity index (χ0v) is 14.2. The molecule has 1 unspecified atom stereocenters. The Morgan fingerprint density at radius 2 is 2.16 bits per heavy atom. The second-order valence-electron chi connectivity index (χ2n) is 5.54. The van der Waals surface area contributed by atoms with E-state index in [2.05, 4.69) is 15.6 Å². The van der Waals surface area contributed by atoms with E-state index in [0.29, 0.717) is 24.4 Å². The van der Waals surface area contributed by atoms with Crippen LogP contribution in [0.1, 0.15) is 25.1 Å². The van der Waals surface area contributed by atoms with Crippen LogP contribution in [0.2, 0.25) is 0 Å². The molecule has 0 saturated carbocycles. The molecule has 2 heterocycles. The normalized spacial score (nSPS) is 11.9. The van der Waals surface area contributed by atoms with Gasteiger partial charge >= 0.3 is 0 Å². The Balaban J connectivity index is 1.62. The number of hydrogen-bond donors (Lipinski definition) is 1. The molecule has 130 valence electrons. The molecule has 7 nitrogen and oxygen atoms in total. The van der Waals surface area contributed by atoms with Crippen LogP contribution in [0.25, 0.3) is 11.3 Å². The van der Waals surface area contributed by atoms with E-state index >= 15 is 0 Å². The number of amides is 1. The van der Waals surface area contributed by atoms with E-state index in [4.69, 9.17) is 9.26 Å². The third kappa shape index (κ3) is 3.88. The van der Waals surface area contributed by atoms with Crippen LogP contribution in [0.5, 0.6) is 5.75 Å². The molecule has 3 aromatic rings. The predicted molar refractivity (Wildman–Crippen MR) is 91.9 cm³/mol. The van der Waals surface area contributed by atoms with Crippen molar-refractivity contribution in [1.82, 2.24) is 20.3 Å². The van der Waals surface area contributed by atoms with Crippen LogP contribution in [0.15, 0.2) is 53.3 Å². The second kappa shape index (κ2) is 7.65. The molecule has 0 aliphatic carbocycles. The van der Waals surface area contributed by atoms with Gasteiger partial charge in [-0.1, -0.05) is 12.1 Å². The van der Waals surface area contributed by atoms with Gasteiger partial charge in [0.2, 0.25) is 5.91 Å². The average Bonchev–Trinajstić information content (AvgIpc) is 3.33. The van der Waals surface area contributed by atoms with E-state index in [9.17, 15) is 4.79 Å². The Bertz CT molecular complexity index is 809. The van der Waals surface area contributed by atoms with E-state index in [1.54, 1.807) is 30.3 Å². The SMILES string of the molecule is CCC(C(=O)NCc1cc(-c2ccc(OC)cc2)on1)n1cccn1. The highest BCUT2D eigenvalue weighted by atomic mass is 16.5. The summed E-state index contributed by atoms with van der Waals surface area (Å²) in [5, 5.41) is 11.0. The number of ether oxygens (including phenoxy) is 1. The van der Waals surface area contributed by atoms with Gasteiger partial charge in [0.05, 0.1) is 13.7 Å². The highest BCUT2D eigenvalue weighted by molar-refractivity contribution is 5.80. The Labute approximate surface area is 145 Å². The molecule has 0 spiro atoms. The standard InChI is InChI=1S/C18H20N4O3/c1-3-16(22-10-4-9-20-22)18(23)19-12-14-11-17(25-21-14)13-5-7-15(24-2)8-6-13/h4-11,16H,3,12H2,1-2H3,(H,19,23). The van der Waals surface area contributed by atoms with Crippen LogP contribution >= 0.6 is 0 Å². The number of aromatic nitrogens is 3. The highest BCUT2D eigenvalue weighted by Crippen LogP contribution is 2.23. The average molecular weight is 340 g/mol. The first-order valence-corrected chi connectivity index (χ1v) is 8.08. The predicted octanol–water partition coefficient (Wildman–Crippen LogP) is 2.81. The van der Waals surface area contributed by atoms with Crippen molar-refractivity contribution in [1.29, 1.82) is 0 Å². The summed E-state index contributed by atoms with van der Waals surface area (Å²) < 4.78 is 12.1. The number of hydrogen-bond acceptors (Lipinski definition) is 5. The minimum Gasteiger partial charge on any atom is -0.497 e. The maximum atomic E-state index is 12.3. The fourth-order valence-corrected chi connectivity index (χ4v) is 2.54. The van der Waals surface area contributed by atoms with Gasteiger partial charge < -0.3 is 14.6 Å². The van der Waals surface area contributed by atoms with Crippen molar-refractivity contribution in [3.05, 3.63) is 54.5 Å². The first kappa shape index (κ1) is 16.8.